The SMILES string of the molecule is O=C1c2ccccc2C2OCC(c3ccccc3)N12. The number of nitrogens with zero attached hydrogens (tertiary/aromatic N) is 1. The molecule has 2 heterocycles. The molecule has 0 aromatic heterocycles. The minimum Gasteiger partial charge on any atom is -0.351 e. The second kappa shape index (κ2) is 3.93. The molecule has 0 bridgehead atoms. The Kier molecular flexibility index (Phi) is 2.23. The van der Waals surface area contributed by atoms with Crippen molar-refractivity contribution in [1.82, 2.24) is 4.90 Å². The fourth-order valence-corrected chi connectivity index (χ4v) is 2.97. The summed E-state index contributed by atoms with van der Waals surface area (Å²) in [6.45, 7) is 0.564. The monoisotopic (exact) mass is 251 g/mol. The van der Waals surface area contributed by atoms with Crippen LogP contribution in [-0.2, 0) is 4.74 Å². The second-order valence-electron chi connectivity index (χ2n) is 4.91. The highest BCUT2D eigenvalue weighted by Gasteiger charge is 2.46. The minimum absolute atomic E-state index is 0.0195. The van der Waals surface area contributed by atoms with Gasteiger partial charge in [0, 0.05) is 11.1 Å². The minimum atomic E-state index is -0.214. The largest absolute Gasteiger partial charge is 0.351 e. The van der Waals surface area contributed by atoms with Crippen molar-refractivity contribution in [3.8, 4) is 0 Å². The standard InChI is InChI=1S/C16H13NO2/c18-15-12-8-4-5-9-13(12)16-17(15)14(10-19-16)11-6-2-1-3-7-11/h1-9,14,16H,10H2. The van der Waals surface area contributed by atoms with E-state index in [1.807, 2.05) is 59.5 Å². The van der Waals surface area contributed by atoms with Crippen LogP contribution in [0.4, 0.5) is 0 Å². The second-order valence-corrected chi connectivity index (χ2v) is 4.91. The summed E-state index contributed by atoms with van der Waals surface area (Å²) in [5.41, 5.74) is 2.89. The van der Waals surface area contributed by atoms with Crippen LogP contribution < -0.4 is 0 Å². The molecule has 0 N–H and O–H groups in total. The molecule has 1 saturated heterocycles. The summed E-state index contributed by atoms with van der Waals surface area (Å²) in [6.07, 6.45) is -0.214. The number of fused-ring (bicyclic) bond motifs is 3. The van der Waals surface area contributed by atoms with Crippen LogP contribution >= 0.6 is 0 Å². The number of benzene rings is 2. The molecule has 0 spiro atoms. The third-order valence-corrected chi connectivity index (χ3v) is 3.88. The molecule has 2 aromatic rings. The lowest BCUT2D eigenvalue weighted by Crippen LogP contribution is -2.27. The zero-order valence-electron chi connectivity index (χ0n) is 10.3. The third-order valence-electron chi connectivity index (χ3n) is 3.88. The normalized spacial score (nSPS) is 24.4. The van der Waals surface area contributed by atoms with E-state index in [0.717, 1.165) is 16.7 Å². The Hall–Kier alpha value is -2.13. The summed E-state index contributed by atoms with van der Waals surface area (Å²) < 4.78 is 5.85. The van der Waals surface area contributed by atoms with E-state index in [9.17, 15) is 4.79 Å². The van der Waals surface area contributed by atoms with Crippen molar-refractivity contribution >= 4 is 5.91 Å². The van der Waals surface area contributed by atoms with Gasteiger partial charge in [0.05, 0.1) is 12.6 Å². The summed E-state index contributed by atoms with van der Waals surface area (Å²) in [5.74, 6) is 0.0759. The van der Waals surface area contributed by atoms with Crippen LogP contribution in [0.25, 0.3) is 0 Å². The number of hydrogen-bond donors (Lipinski definition) is 0. The number of carbonyl (C=O) groups excluding carboxylic acids is 1. The average molecular weight is 251 g/mol. The van der Waals surface area contributed by atoms with Gasteiger partial charge in [0.2, 0.25) is 0 Å². The number of hydrogen-bond acceptors (Lipinski definition) is 2. The van der Waals surface area contributed by atoms with E-state index < -0.39 is 0 Å². The van der Waals surface area contributed by atoms with E-state index in [0.29, 0.717) is 6.61 Å². The maximum atomic E-state index is 12.5. The Morgan fingerprint density at radius 1 is 1.00 bits per heavy atom. The summed E-state index contributed by atoms with van der Waals surface area (Å²) in [6, 6.07) is 17.8. The lowest BCUT2D eigenvalue weighted by atomic mass is 10.1. The maximum absolute atomic E-state index is 12.5. The van der Waals surface area contributed by atoms with Crippen LogP contribution in [0.5, 0.6) is 0 Å². The molecule has 3 heteroatoms. The number of carbonyl (C=O) groups is 1. The number of rotatable bonds is 1. The van der Waals surface area contributed by atoms with Gasteiger partial charge < -0.3 is 4.74 Å². The van der Waals surface area contributed by atoms with Crippen LogP contribution in [0, 0.1) is 0 Å². The first kappa shape index (κ1) is 10.8. The lowest BCUT2D eigenvalue weighted by molar-refractivity contribution is 0.0352. The van der Waals surface area contributed by atoms with E-state index in [-0.39, 0.29) is 18.2 Å². The fraction of sp³-hybridized carbons (Fsp3) is 0.188. The van der Waals surface area contributed by atoms with Gasteiger partial charge in [0.25, 0.3) is 5.91 Å². The van der Waals surface area contributed by atoms with Gasteiger partial charge in [-0.1, -0.05) is 48.5 Å². The molecule has 2 aliphatic heterocycles. The Bertz CT molecular complexity index is 638. The van der Waals surface area contributed by atoms with Gasteiger partial charge in [-0.2, -0.15) is 0 Å². The first-order valence-corrected chi connectivity index (χ1v) is 6.44. The smallest absolute Gasteiger partial charge is 0.257 e. The molecule has 94 valence electrons. The van der Waals surface area contributed by atoms with Crippen molar-refractivity contribution < 1.29 is 9.53 Å². The van der Waals surface area contributed by atoms with Crippen LogP contribution in [0.3, 0.4) is 0 Å². The molecule has 0 aliphatic carbocycles. The summed E-state index contributed by atoms with van der Waals surface area (Å²) >= 11 is 0. The molecule has 2 aromatic carbocycles. The topological polar surface area (TPSA) is 29.5 Å². The van der Waals surface area contributed by atoms with Gasteiger partial charge in [-0.25, -0.2) is 0 Å². The maximum Gasteiger partial charge on any atom is 0.257 e. The predicted molar refractivity (Wildman–Crippen MR) is 70.5 cm³/mol. The van der Waals surface area contributed by atoms with Crippen molar-refractivity contribution in [3.63, 3.8) is 0 Å². The Balaban J connectivity index is 1.77. The molecule has 4 rings (SSSR count). The quantitative estimate of drug-likeness (QED) is 0.780. The van der Waals surface area contributed by atoms with Crippen molar-refractivity contribution in [2.75, 3.05) is 6.61 Å². The van der Waals surface area contributed by atoms with Crippen molar-refractivity contribution in [2.24, 2.45) is 0 Å². The summed E-state index contributed by atoms with van der Waals surface area (Å²) in [5, 5.41) is 0. The molecular formula is C16H13NO2. The average Bonchev–Trinajstić information content (AvgIpc) is 3.02. The Morgan fingerprint density at radius 2 is 1.74 bits per heavy atom. The summed E-state index contributed by atoms with van der Waals surface area (Å²) in [7, 11) is 0. The van der Waals surface area contributed by atoms with E-state index in [2.05, 4.69) is 0 Å². The van der Waals surface area contributed by atoms with Crippen molar-refractivity contribution in [2.45, 2.75) is 12.3 Å². The van der Waals surface area contributed by atoms with Crippen LogP contribution in [-0.4, -0.2) is 17.4 Å². The first-order chi connectivity index (χ1) is 9.36. The van der Waals surface area contributed by atoms with Gasteiger partial charge in [-0.05, 0) is 11.6 Å². The van der Waals surface area contributed by atoms with Gasteiger partial charge in [0.1, 0.15) is 0 Å². The molecule has 0 radical (unpaired) electrons. The number of ether oxygens (including phenoxy) is 1. The summed E-state index contributed by atoms with van der Waals surface area (Å²) in [4.78, 5) is 14.4. The van der Waals surface area contributed by atoms with E-state index in [4.69, 9.17) is 4.74 Å². The van der Waals surface area contributed by atoms with Gasteiger partial charge in [-0.3, -0.25) is 9.69 Å². The molecule has 0 saturated carbocycles. The lowest BCUT2D eigenvalue weighted by Gasteiger charge is -2.22. The fourth-order valence-electron chi connectivity index (χ4n) is 2.97. The predicted octanol–water partition coefficient (Wildman–Crippen LogP) is 2.91. The Morgan fingerprint density at radius 3 is 2.58 bits per heavy atom. The highest BCUT2D eigenvalue weighted by atomic mass is 16.5. The van der Waals surface area contributed by atoms with Gasteiger partial charge >= 0.3 is 0 Å². The molecule has 1 amide bonds. The molecule has 2 aliphatic rings. The van der Waals surface area contributed by atoms with Crippen LogP contribution in [0.15, 0.2) is 54.6 Å². The highest BCUT2D eigenvalue weighted by molar-refractivity contribution is 5.99. The van der Waals surface area contributed by atoms with Crippen molar-refractivity contribution in [3.05, 3.63) is 71.3 Å². The zero-order chi connectivity index (χ0) is 12.8. The molecule has 2 unspecified atom stereocenters. The molecule has 3 nitrogen and oxygen atoms in total. The van der Waals surface area contributed by atoms with E-state index >= 15 is 0 Å². The first-order valence-electron chi connectivity index (χ1n) is 6.44. The van der Waals surface area contributed by atoms with Crippen molar-refractivity contribution in [1.29, 1.82) is 0 Å². The molecule has 2 atom stereocenters. The van der Waals surface area contributed by atoms with E-state index in [1.54, 1.807) is 0 Å². The van der Waals surface area contributed by atoms with Gasteiger partial charge in [-0.15, -0.1) is 0 Å². The van der Waals surface area contributed by atoms with Gasteiger partial charge in [0.15, 0.2) is 6.23 Å². The Labute approximate surface area is 111 Å². The van der Waals surface area contributed by atoms with E-state index in [1.165, 1.54) is 0 Å². The number of amides is 1. The van der Waals surface area contributed by atoms with Crippen LogP contribution in [0.2, 0.25) is 0 Å². The zero-order valence-corrected chi connectivity index (χ0v) is 10.3. The third kappa shape index (κ3) is 1.45. The molecule has 1 fully saturated rings. The highest BCUT2D eigenvalue weighted by Crippen LogP contribution is 2.45. The van der Waals surface area contributed by atoms with Crippen LogP contribution in [0.1, 0.15) is 33.8 Å². The molecule has 19 heavy (non-hydrogen) atoms. The molecular weight excluding hydrogens is 238 g/mol.